The molecule has 2 aromatic rings. The Bertz CT molecular complexity index is 794. The number of amides is 1. The fraction of sp³-hybridized carbons (Fsp3) is 0.480. The van der Waals surface area contributed by atoms with Gasteiger partial charge < -0.3 is 10.1 Å². The third-order valence-corrected chi connectivity index (χ3v) is 6.08. The Morgan fingerprint density at radius 3 is 2.03 bits per heavy atom. The van der Waals surface area contributed by atoms with Crippen LogP contribution in [0, 0.1) is 0 Å². The average molecular weight is 423 g/mol. The molecule has 0 aliphatic carbocycles. The van der Waals surface area contributed by atoms with Gasteiger partial charge in [0.2, 0.25) is 5.91 Å². The molecule has 2 heterocycles. The lowest BCUT2D eigenvalue weighted by molar-refractivity contribution is -0.124. The van der Waals surface area contributed by atoms with Crippen LogP contribution in [0.25, 0.3) is 0 Å². The second-order valence-electron chi connectivity index (χ2n) is 8.56. The molecular weight excluding hydrogens is 388 g/mol. The Morgan fingerprint density at radius 2 is 1.39 bits per heavy atom. The lowest BCUT2D eigenvalue weighted by atomic mass is 10.2. The molecule has 166 valence electrons. The largest absolute Gasteiger partial charge is 0.374 e. The quantitative estimate of drug-likeness (QED) is 0.703. The summed E-state index contributed by atoms with van der Waals surface area (Å²) >= 11 is 0. The third kappa shape index (κ3) is 7.14. The van der Waals surface area contributed by atoms with E-state index in [1.165, 1.54) is 11.1 Å². The van der Waals surface area contributed by atoms with Crippen LogP contribution in [0.5, 0.6) is 0 Å². The van der Waals surface area contributed by atoms with Gasteiger partial charge in [-0.15, -0.1) is 0 Å². The summed E-state index contributed by atoms with van der Waals surface area (Å²) in [5, 5.41) is 3.09. The van der Waals surface area contributed by atoms with Gasteiger partial charge in [0.25, 0.3) is 0 Å². The number of piperazine rings is 1. The van der Waals surface area contributed by atoms with Gasteiger partial charge >= 0.3 is 0 Å². The molecule has 1 N–H and O–H groups in total. The van der Waals surface area contributed by atoms with E-state index in [2.05, 4.69) is 74.6 Å². The molecule has 2 aliphatic rings. The van der Waals surface area contributed by atoms with Gasteiger partial charge in [0.15, 0.2) is 0 Å². The van der Waals surface area contributed by atoms with Crippen LogP contribution in [0.15, 0.2) is 60.7 Å². The zero-order valence-electron chi connectivity index (χ0n) is 18.3. The van der Waals surface area contributed by atoms with Gasteiger partial charge in [-0.25, -0.2) is 0 Å². The Kier molecular flexibility index (Phi) is 8.07. The van der Waals surface area contributed by atoms with E-state index in [0.717, 1.165) is 59.0 Å². The van der Waals surface area contributed by atoms with E-state index in [1.54, 1.807) is 0 Å². The van der Waals surface area contributed by atoms with E-state index in [4.69, 9.17) is 4.74 Å². The minimum atomic E-state index is 0.0594. The minimum absolute atomic E-state index is 0.0594. The molecule has 0 aromatic heterocycles. The Balaban J connectivity index is 1.13. The van der Waals surface area contributed by atoms with Crippen LogP contribution in [0.4, 0.5) is 0 Å². The predicted octanol–water partition coefficient (Wildman–Crippen LogP) is 1.82. The lowest BCUT2D eigenvalue weighted by Crippen LogP contribution is -2.51. The molecule has 2 fully saturated rings. The summed E-state index contributed by atoms with van der Waals surface area (Å²) in [4.78, 5) is 19.6. The highest BCUT2D eigenvalue weighted by Gasteiger charge is 2.22. The fourth-order valence-corrected chi connectivity index (χ4v) is 4.32. The van der Waals surface area contributed by atoms with Crippen molar-refractivity contribution in [3.8, 4) is 0 Å². The molecule has 2 aliphatic heterocycles. The number of carbonyl (C=O) groups excluding carboxylic acids is 1. The highest BCUT2D eigenvalue weighted by molar-refractivity contribution is 5.78. The first-order valence-electron chi connectivity index (χ1n) is 11.4. The predicted molar refractivity (Wildman–Crippen MR) is 123 cm³/mol. The van der Waals surface area contributed by atoms with Crippen LogP contribution >= 0.6 is 0 Å². The summed E-state index contributed by atoms with van der Waals surface area (Å²) in [6, 6.07) is 21.1. The van der Waals surface area contributed by atoms with Crippen molar-refractivity contribution in [3.05, 3.63) is 71.8 Å². The second-order valence-corrected chi connectivity index (χ2v) is 8.56. The van der Waals surface area contributed by atoms with E-state index in [0.29, 0.717) is 13.1 Å². The highest BCUT2D eigenvalue weighted by atomic mass is 16.5. The molecule has 4 rings (SSSR count). The van der Waals surface area contributed by atoms with Gasteiger partial charge in [0, 0.05) is 58.9 Å². The third-order valence-electron chi connectivity index (χ3n) is 6.08. The number of hydrogen-bond acceptors (Lipinski definition) is 5. The molecule has 2 saturated heterocycles. The van der Waals surface area contributed by atoms with Crippen molar-refractivity contribution in [2.24, 2.45) is 0 Å². The first kappa shape index (κ1) is 22.0. The molecule has 0 saturated carbocycles. The van der Waals surface area contributed by atoms with Crippen LogP contribution in [0.2, 0.25) is 0 Å². The van der Waals surface area contributed by atoms with Crippen LogP contribution in [0.1, 0.15) is 11.1 Å². The molecule has 31 heavy (non-hydrogen) atoms. The van der Waals surface area contributed by atoms with E-state index < -0.39 is 0 Å². The van der Waals surface area contributed by atoms with E-state index in [1.807, 2.05) is 6.07 Å². The SMILES string of the molecule is O=C(CN1CCN(Cc2ccccc2)CC1)NCC1CN(Cc2ccccc2)CCO1. The average Bonchev–Trinajstić information content (AvgIpc) is 2.81. The maximum atomic E-state index is 12.5. The minimum Gasteiger partial charge on any atom is -0.374 e. The van der Waals surface area contributed by atoms with Crippen molar-refractivity contribution in [3.63, 3.8) is 0 Å². The maximum Gasteiger partial charge on any atom is 0.234 e. The molecule has 0 spiro atoms. The number of nitrogens with one attached hydrogen (secondary N) is 1. The summed E-state index contributed by atoms with van der Waals surface area (Å²) in [6.45, 7) is 9.36. The number of ether oxygens (including phenoxy) is 1. The van der Waals surface area contributed by atoms with Crippen molar-refractivity contribution >= 4 is 5.91 Å². The summed E-state index contributed by atoms with van der Waals surface area (Å²) in [5.41, 5.74) is 2.67. The summed E-state index contributed by atoms with van der Waals surface area (Å²) < 4.78 is 5.88. The van der Waals surface area contributed by atoms with E-state index >= 15 is 0 Å². The Morgan fingerprint density at radius 1 is 0.806 bits per heavy atom. The normalized spacial score (nSPS) is 21.1. The van der Waals surface area contributed by atoms with E-state index in [-0.39, 0.29) is 12.0 Å². The molecule has 1 amide bonds. The molecule has 2 aromatic carbocycles. The number of carbonyl (C=O) groups is 1. The zero-order valence-corrected chi connectivity index (χ0v) is 18.3. The standard InChI is InChI=1S/C25H34N4O2/c30-25(21-28-13-11-27(12-14-28)18-22-7-3-1-4-8-22)26-17-24-20-29(15-16-31-24)19-23-9-5-2-6-10-23/h1-10,24H,11-21H2,(H,26,30). The number of benzene rings is 2. The van der Waals surface area contributed by atoms with Crippen molar-refractivity contribution < 1.29 is 9.53 Å². The topological polar surface area (TPSA) is 48.1 Å². The summed E-state index contributed by atoms with van der Waals surface area (Å²) in [5.74, 6) is 0.0975. The van der Waals surface area contributed by atoms with Crippen LogP contribution in [0.3, 0.4) is 0 Å². The van der Waals surface area contributed by atoms with Crippen molar-refractivity contribution in [1.82, 2.24) is 20.0 Å². The number of nitrogens with zero attached hydrogens (tertiary/aromatic N) is 3. The number of hydrogen-bond donors (Lipinski definition) is 1. The monoisotopic (exact) mass is 422 g/mol. The highest BCUT2D eigenvalue weighted by Crippen LogP contribution is 2.11. The zero-order chi connectivity index (χ0) is 21.3. The fourth-order valence-electron chi connectivity index (χ4n) is 4.32. The Labute approximate surface area is 185 Å². The van der Waals surface area contributed by atoms with Gasteiger partial charge in [0.1, 0.15) is 0 Å². The first-order chi connectivity index (χ1) is 15.2. The van der Waals surface area contributed by atoms with Gasteiger partial charge in [-0.1, -0.05) is 60.7 Å². The maximum absolute atomic E-state index is 12.5. The van der Waals surface area contributed by atoms with Crippen molar-refractivity contribution in [2.45, 2.75) is 19.2 Å². The van der Waals surface area contributed by atoms with Crippen LogP contribution in [-0.2, 0) is 22.6 Å². The van der Waals surface area contributed by atoms with E-state index in [9.17, 15) is 4.79 Å². The van der Waals surface area contributed by atoms with Crippen LogP contribution < -0.4 is 5.32 Å². The van der Waals surface area contributed by atoms with Gasteiger partial charge in [-0.2, -0.15) is 0 Å². The van der Waals surface area contributed by atoms with Crippen LogP contribution in [-0.4, -0.2) is 85.7 Å². The molecule has 1 unspecified atom stereocenters. The van der Waals surface area contributed by atoms with Gasteiger partial charge in [-0.3, -0.25) is 19.5 Å². The summed E-state index contributed by atoms with van der Waals surface area (Å²) in [6.07, 6.45) is 0.0594. The smallest absolute Gasteiger partial charge is 0.234 e. The molecule has 6 nitrogen and oxygen atoms in total. The van der Waals surface area contributed by atoms with Crippen molar-refractivity contribution in [2.75, 3.05) is 59.0 Å². The lowest BCUT2D eigenvalue weighted by Gasteiger charge is -2.35. The van der Waals surface area contributed by atoms with Crippen molar-refractivity contribution in [1.29, 1.82) is 0 Å². The molecule has 6 heteroatoms. The van der Waals surface area contributed by atoms with Gasteiger partial charge in [-0.05, 0) is 11.1 Å². The number of morpholine rings is 1. The summed E-state index contributed by atoms with van der Waals surface area (Å²) in [7, 11) is 0. The Hall–Kier alpha value is -2.25. The van der Waals surface area contributed by atoms with Gasteiger partial charge in [0.05, 0.1) is 19.3 Å². The molecule has 0 radical (unpaired) electrons. The first-order valence-corrected chi connectivity index (χ1v) is 11.4. The molecule has 1 atom stereocenters. The molecular formula is C25H34N4O2. The number of rotatable bonds is 8. The molecule has 0 bridgehead atoms. The second kappa shape index (κ2) is 11.4.